The standard InChI is InChI=1S/C28H31BrN4O/c1-6-7-8-21-9-12-24(13-10-21)32-19(4)15-22(20(32)5)17-30-33-27(18(2)3)31-26-14-11-23(29)16-25(26)28(33)34/h9-18H,6-8H2,1-5H3. The summed E-state index contributed by atoms with van der Waals surface area (Å²) in [6, 6.07) is 16.5. The van der Waals surface area contributed by atoms with Gasteiger partial charge >= 0.3 is 0 Å². The van der Waals surface area contributed by atoms with Crippen LogP contribution in [0.4, 0.5) is 0 Å². The van der Waals surface area contributed by atoms with Crippen LogP contribution in [0, 0.1) is 13.8 Å². The zero-order chi connectivity index (χ0) is 24.4. The number of nitrogens with zero attached hydrogens (tertiary/aromatic N) is 4. The van der Waals surface area contributed by atoms with Crippen LogP contribution >= 0.6 is 15.9 Å². The summed E-state index contributed by atoms with van der Waals surface area (Å²) >= 11 is 3.46. The molecule has 0 aliphatic rings. The van der Waals surface area contributed by atoms with Gasteiger partial charge in [0.05, 0.1) is 17.1 Å². The Hall–Kier alpha value is -2.99. The van der Waals surface area contributed by atoms with E-state index in [4.69, 9.17) is 4.98 Å². The molecule has 6 heteroatoms. The van der Waals surface area contributed by atoms with Gasteiger partial charge in [0.1, 0.15) is 5.82 Å². The Bertz CT molecular complexity index is 1410. The summed E-state index contributed by atoms with van der Waals surface area (Å²) in [5.74, 6) is 0.698. The van der Waals surface area contributed by atoms with Crippen molar-refractivity contribution >= 4 is 33.0 Å². The van der Waals surface area contributed by atoms with E-state index in [1.54, 1.807) is 12.3 Å². The van der Waals surface area contributed by atoms with Crippen molar-refractivity contribution in [3.8, 4) is 5.69 Å². The summed E-state index contributed by atoms with van der Waals surface area (Å²) in [6.07, 6.45) is 5.29. The van der Waals surface area contributed by atoms with E-state index in [1.165, 1.54) is 23.1 Å². The van der Waals surface area contributed by atoms with Crippen molar-refractivity contribution in [2.75, 3.05) is 0 Å². The molecule has 34 heavy (non-hydrogen) atoms. The van der Waals surface area contributed by atoms with Gasteiger partial charge in [-0.1, -0.05) is 55.3 Å². The Balaban J connectivity index is 1.73. The minimum absolute atomic E-state index is 0.0524. The number of aryl methyl sites for hydroxylation is 2. The van der Waals surface area contributed by atoms with E-state index >= 15 is 0 Å². The normalized spacial score (nSPS) is 11.9. The Morgan fingerprint density at radius 3 is 2.50 bits per heavy atom. The van der Waals surface area contributed by atoms with E-state index in [9.17, 15) is 4.79 Å². The van der Waals surface area contributed by atoms with E-state index in [2.05, 4.69) is 76.7 Å². The van der Waals surface area contributed by atoms with Crippen molar-refractivity contribution in [2.45, 2.75) is 59.8 Å². The molecule has 176 valence electrons. The molecule has 0 N–H and O–H groups in total. The van der Waals surface area contributed by atoms with Crippen LogP contribution in [0.3, 0.4) is 0 Å². The highest BCUT2D eigenvalue weighted by atomic mass is 79.9. The summed E-state index contributed by atoms with van der Waals surface area (Å²) in [6.45, 7) is 10.4. The van der Waals surface area contributed by atoms with E-state index in [1.807, 2.05) is 26.0 Å². The second kappa shape index (κ2) is 10.1. The Kier molecular flexibility index (Phi) is 7.17. The van der Waals surface area contributed by atoms with Crippen LogP contribution < -0.4 is 5.56 Å². The molecular weight excluding hydrogens is 488 g/mol. The van der Waals surface area contributed by atoms with Gasteiger partial charge in [0, 0.05) is 33.0 Å². The first-order chi connectivity index (χ1) is 16.3. The fourth-order valence-electron chi connectivity index (χ4n) is 4.28. The Morgan fingerprint density at radius 1 is 1.09 bits per heavy atom. The fraction of sp³-hybridized carbons (Fsp3) is 0.321. The molecule has 0 fully saturated rings. The van der Waals surface area contributed by atoms with Crippen LogP contribution in [0.5, 0.6) is 0 Å². The van der Waals surface area contributed by atoms with Gasteiger partial charge in [0.25, 0.3) is 5.56 Å². The van der Waals surface area contributed by atoms with Crippen LogP contribution in [0.25, 0.3) is 16.6 Å². The average molecular weight is 519 g/mol. The SMILES string of the molecule is CCCCc1ccc(-n2c(C)cc(C=Nn3c(C(C)C)nc4ccc(Br)cc4c3=O)c2C)cc1. The van der Waals surface area contributed by atoms with Crippen LogP contribution in [0.15, 0.2) is 62.9 Å². The van der Waals surface area contributed by atoms with Gasteiger partial charge in [-0.05, 0) is 68.7 Å². The van der Waals surface area contributed by atoms with E-state index in [0.717, 1.165) is 33.5 Å². The molecule has 2 aromatic heterocycles. The first kappa shape index (κ1) is 24.1. The minimum atomic E-state index is -0.164. The lowest BCUT2D eigenvalue weighted by Gasteiger charge is -2.12. The monoisotopic (exact) mass is 518 g/mol. The van der Waals surface area contributed by atoms with E-state index in [0.29, 0.717) is 16.7 Å². The zero-order valence-corrected chi connectivity index (χ0v) is 22.1. The molecule has 4 rings (SSSR count). The molecule has 2 heterocycles. The van der Waals surface area contributed by atoms with Gasteiger partial charge in [0.2, 0.25) is 0 Å². The van der Waals surface area contributed by atoms with Gasteiger partial charge in [-0.15, -0.1) is 0 Å². The van der Waals surface area contributed by atoms with Gasteiger partial charge in [-0.2, -0.15) is 9.78 Å². The molecule has 0 amide bonds. The molecule has 2 aromatic carbocycles. The lowest BCUT2D eigenvalue weighted by molar-refractivity contribution is 0.665. The predicted octanol–water partition coefficient (Wildman–Crippen LogP) is 6.91. The molecule has 0 saturated carbocycles. The molecule has 0 spiro atoms. The van der Waals surface area contributed by atoms with E-state index < -0.39 is 0 Å². The Labute approximate surface area is 209 Å². The summed E-state index contributed by atoms with van der Waals surface area (Å²) in [5.41, 5.74) is 6.20. The maximum atomic E-state index is 13.3. The second-order valence-corrected chi connectivity index (χ2v) is 10.00. The number of hydrogen-bond acceptors (Lipinski definition) is 3. The minimum Gasteiger partial charge on any atom is -0.318 e. The summed E-state index contributed by atoms with van der Waals surface area (Å²) in [5, 5.41) is 5.17. The smallest absolute Gasteiger partial charge is 0.282 e. The fourth-order valence-corrected chi connectivity index (χ4v) is 4.64. The number of hydrogen-bond donors (Lipinski definition) is 0. The quantitative estimate of drug-likeness (QED) is 0.249. The van der Waals surface area contributed by atoms with Gasteiger partial charge in [0.15, 0.2) is 0 Å². The van der Waals surface area contributed by atoms with Crippen molar-refractivity contribution < 1.29 is 0 Å². The molecular formula is C28H31BrN4O. The highest BCUT2D eigenvalue weighted by molar-refractivity contribution is 9.10. The van der Waals surface area contributed by atoms with Crippen molar-refractivity contribution in [3.63, 3.8) is 0 Å². The van der Waals surface area contributed by atoms with Gasteiger partial charge < -0.3 is 4.57 Å². The van der Waals surface area contributed by atoms with Crippen LogP contribution in [0.2, 0.25) is 0 Å². The summed E-state index contributed by atoms with van der Waals surface area (Å²) < 4.78 is 4.51. The highest BCUT2D eigenvalue weighted by Gasteiger charge is 2.15. The number of fused-ring (bicyclic) bond motifs is 1. The molecule has 4 aromatic rings. The highest BCUT2D eigenvalue weighted by Crippen LogP contribution is 2.22. The first-order valence-electron chi connectivity index (χ1n) is 11.8. The van der Waals surface area contributed by atoms with Gasteiger partial charge in [-0.25, -0.2) is 4.98 Å². The number of aromatic nitrogens is 3. The number of benzene rings is 2. The molecule has 0 unspecified atom stereocenters. The number of rotatable bonds is 7. The van der Waals surface area contributed by atoms with Crippen molar-refractivity contribution in [2.24, 2.45) is 5.10 Å². The largest absolute Gasteiger partial charge is 0.318 e. The van der Waals surface area contributed by atoms with Crippen LogP contribution in [-0.4, -0.2) is 20.4 Å². The average Bonchev–Trinajstić information content (AvgIpc) is 3.10. The maximum Gasteiger partial charge on any atom is 0.282 e. The van der Waals surface area contributed by atoms with Gasteiger partial charge in [-0.3, -0.25) is 4.79 Å². The Morgan fingerprint density at radius 2 is 1.82 bits per heavy atom. The molecule has 0 saturated heterocycles. The molecule has 0 aliphatic carbocycles. The number of halogens is 1. The van der Waals surface area contributed by atoms with Crippen molar-refractivity contribution in [3.05, 3.63) is 91.7 Å². The number of unbranched alkanes of at least 4 members (excludes halogenated alkanes) is 1. The molecule has 0 radical (unpaired) electrons. The summed E-state index contributed by atoms with van der Waals surface area (Å²) in [7, 11) is 0. The third-order valence-corrected chi connectivity index (χ3v) is 6.64. The molecule has 5 nitrogen and oxygen atoms in total. The van der Waals surface area contributed by atoms with E-state index in [-0.39, 0.29) is 11.5 Å². The first-order valence-corrected chi connectivity index (χ1v) is 12.6. The molecule has 0 bridgehead atoms. The zero-order valence-electron chi connectivity index (χ0n) is 20.5. The lowest BCUT2D eigenvalue weighted by atomic mass is 10.1. The second-order valence-electron chi connectivity index (χ2n) is 9.08. The third kappa shape index (κ3) is 4.78. The molecule has 0 atom stereocenters. The van der Waals surface area contributed by atoms with Crippen LogP contribution in [-0.2, 0) is 6.42 Å². The van der Waals surface area contributed by atoms with Crippen molar-refractivity contribution in [1.29, 1.82) is 0 Å². The van der Waals surface area contributed by atoms with Crippen molar-refractivity contribution in [1.82, 2.24) is 14.2 Å². The molecule has 0 aliphatic heterocycles. The maximum absolute atomic E-state index is 13.3. The lowest BCUT2D eigenvalue weighted by Crippen LogP contribution is -2.23. The topological polar surface area (TPSA) is 52.2 Å². The summed E-state index contributed by atoms with van der Waals surface area (Å²) in [4.78, 5) is 18.0. The van der Waals surface area contributed by atoms with Crippen LogP contribution in [0.1, 0.15) is 67.9 Å². The predicted molar refractivity (Wildman–Crippen MR) is 145 cm³/mol. The third-order valence-electron chi connectivity index (χ3n) is 6.15.